The highest BCUT2D eigenvalue weighted by Crippen LogP contribution is 2.45. The molecule has 3 rings (SSSR count). The number of fused-ring (bicyclic) bond motifs is 1. The van der Waals surface area contributed by atoms with E-state index < -0.39 is 0 Å². The summed E-state index contributed by atoms with van der Waals surface area (Å²) in [4.78, 5) is 0. The number of nitrogens with two attached hydrogens (primary N) is 1. The van der Waals surface area contributed by atoms with E-state index in [1.165, 1.54) is 0 Å². The largest absolute Gasteiger partial charge is 0.486 e. The lowest BCUT2D eigenvalue weighted by Gasteiger charge is -2.47. The minimum atomic E-state index is -0.147. The minimum Gasteiger partial charge on any atom is -0.486 e. The third-order valence-electron chi connectivity index (χ3n) is 4.19. The van der Waals surface area contributed by atoms with Crippen molar-refractivity contribution in [3.63, 3.8) is 0 Å². The molecule has 3 unspecified atom stereocenters. The molecule has 98 valence electrons. The van der Waals surface area contributed by atoms with Crippen LogP contribution < -0.4 is 10.5 Å². The number of benzene rings is 1. The van der Waals surface area contributed by atoms with Crippen molar-refractivity contribution in [2.24, 2.45) is 11.7 Å². The van der Waals surface area contributed by atoms with Crippen LogP contribution in [-0.4, -0.2) is 18.8 Å². The molecule has 0 bridgehead atoms. The maximum Gasteiger partial charge on any atom is 0.126 e. The quantitative estimate of drug-likeness (QED) is 0.801. The van der Waals surface area contributed by atoms with Crippen LogP contribution in [0.2, 0.25) is 0 Å². The van der Waals surface area contributed by atoms with Crippen LogP contribution in [0.3, 0.4) is 0 Å². The summed E-state index contributed by atoms with van der Waals surface area (Å²) in [5.41, 5.74) is 7.29. The molecule has 1 fully saturated rings. The summed E-state index contributed by atoms with van der Waals surface area (Å²) < 4.78 is 12.9. The number of hydrogen-bond acceptors (Lipinski definition) is 3. The number of rotatable bonds is 0. The van der Waals surface area contributed by atoms with Gasteiger partial charge in [0.25, 0.3) is 0 Å². The van der Waals surface area contributed by atoms with Crippen molar-refractivity contribution in [3.8, 4) is 5.75 Å². The first-order valence-electron chi connectivity index (χ1n) is 6.42. The zero-order valence-corrected chi connectivity index (χ0v) is 12.1. The Bertz CT molecular complexity index is 465. The van der Waals surface area contributed by atoms with Gasteiger partial charge in [0.15, 0.2) is 0 Å². The van der Waals surface area contributed by atoms with Crippen molar-refractivity contribution in [1.29, 1.82) is 0 Å². The Hall–Kier alpha value is -0.580. The molecule has 1 saturated heterocycles. The van der Waals surface area contributed by atoms with Gasteiger partial charge in [0.2, 0.25) is 0 Å². The van der Waals surface area contributed by atoms with E-state index in [2.05, 4.69) is 28.9 Å². The molecule has 3 atom stereocenters. The van der Waals surface area contributed by atoms with E-state index in [1.807, 2.05) is 12.1 Å². The molecule has 2 aliphatic heterocycles. The van der Waals surface area contributed by atoms with Gasteiger partial charge in [0.1, 0.15) is 11.4 Å². The highest BCUT2D eigenvalue weighted by Gasteiger charge is 2.45. The lowest BCUT2D eigenvalue weighted by molar-refractivity contribution is -0.103. The van der Waals surface area contributed by atoms with E-state index in [-0.39, 0.29) is 11.6 Å². The summed E-state index contributed by atoms with van der Waals surface area (Å²) in [6, 6.07) is 6.16. The molecule has 2 heterocycles. The zero-order chi connectivity index (χ0) is 12.8. The van der Waals surface area contributed by atoms with E-state index in [0.29, 0.717) is 5.92 Å². The maximum atomic E-state index is 6.33. The van der Waals surface area contributed by atoms with Crippen molar-refractivity contribution in [1.82, 2.24) is 0 Å². The van der Waals surface area contributed by atoms with Crippen LogP contribution in [-0.2, 0) is 4.74 Å². The summed E-state index contributed by atoms with van der Waals surface area (Å²) >= 11 is 3.49. The molecule has 2 aliphatic rings. The molecule has 0 aromatic heterocycles. The van der Waals surface area contributed by atoms with Gasteiger partial charge in [-0.15, -0.1) is 0 Å². The second kappa shape index (κ2) is 4.51. The molecule has 3 nitrogen and oxygen atoms in total. The summed E-state index contributed by atoms with van der Waals surface area (Å²) in [6.07, 6.45) is 1.81. The van der Waals surface area contributed by atoms with Gasteiger partial charge in [-0.05, 0) is 12.1 Å². The molecule has 0 radical (unpaired) electrons. The number of hydrogen-bond donors (Lipinski definition) is 1. The van der Waals surface area contributed by atoms with Crippen molar-refractivity contribution >= 4 is 15.9 Å². The normalized spacial score (nSPS) is 35.1. The number of halogens is 1. The molecule has 18 heavy (non-hydrogen) atoms. The molecular formula is C14H18BrNO2. The highest BCUT2D eigenvalue weighted by atomic mass is 79.9. The molecule has 1 aromatic carbocycles. The summed E-state index contributed by atoms with van der Waals surface area (Å²) in [5, 5.41) is 0. The van der Waals surface area contributed by atoms with E-state index in [1.54, 1.807) is 0 Å². The van der Waals surface area contributed by atoms with Gasteiger partial charge in [-0.25, -0.2) is 0 Å². The van der Waals surface area contributed by atoms with Crippen LogP contribution >= 0.6 is 15.9 Å². The zero-order valence-electron chi connectivity index (χ0n) is 10.5. The maximum absolute atomic E-state index is 6.33. The van der Waals surface area contributed by atoms with E-state index in [4.69, 9.17) is 15.2 Å². The van der Waals surface area contributed by atoms with Crippen molar-refractivity contribution in [3.05, 3.63) is 28.2 Å². The van der Waals surface area contributed by atoms with E-state index in [9.17, 15) is 0 Å². The Balaban J connectivity index is 1.99. The molecule has 0 aliphatic carbocycles. The second-order valence-corrected chi connectivity index (χ2v) is 6.30. The standard InChI is InChI=1S/C14H18BrNO2/c1-9-8-17-5-4-14(9)7-12(16)11-3-2-10(15)6-13(11)18-14/h2-3,6,9,12H,4-5,7-8,16H2,1H3. The monoisotopic (exact) mass is 311 g/mol. The summed E-state index contributed by atoms with van der Waals surface area (Å²) in [6.45, 7) is 3.71. The molecule has 1 spiro atoms. The van der Waals surface area contributed by atoms with E-state index in [0.717, 1.165) is 41.8 Å². The van der Waals surface area contributed by atoms with Gasteiger partial charge in [-0.2, -0.15) is 0 Å². The average Bonchev–Trinajstić information content (AvgIpc) is 2.32. The molecule has 4 heteroatoms. The first-order chi connectivity index (χ1) is 8.61. The summed E-state index contributed by atoms with van der Waals surface area (Å²) in [5.74, 6) is 1.31. The minimum absolute atomic E-state index is 0.0578. The van der Waals surface area contributed by atoms with Crippen LogP contribution in [0, 0.1) is 5.92 Å². The lowest BCUT2D eigenvalue weighted by atomic mass is 9.76. The van der Waals surface area contributed by atoms with Crippen LogP contribution in [0.1, 0.15) is 31.4 Å². The predicted octanol–water partition coefficient (Wildman–Crippen LogP) is 3.03. The fourth-order valence-corrected chi connectivity index (χ4v) is 3.34. The SMILES string of the molecule is CC1COCCC12CC(N)c1ccc(Br)cc1O2. The summed E-state index contributed by atoms with van der Waals surface area (Å²) in [7, 11) is 0. The van der Waals surface area contributed by atoms with Crippen LogP contribution in [0.25, 0.3) is 0 Å². The van der Waals surface area contributed by atoms with Gasteiger partial charge in [0.05, 0.1) is 13.2 Å². The molecule has 0 saturated carbocycles. The Morgan fingerprint density at radius 2 is 2.28 bits per heavy atom. The van der Waals surface area contributed by atoms with Crippen LogP contribution in [0.4, 0.5) is 0 Å². The first kappa shape index (κ1) is 12.5. The molecule has 1 aromatic rings. The van der Waals surface area contributed by atoms with Crippen molar-refractivity contribution < 1.29 is 9.47 Å². The van der Waals surface area contributed by atoms with Gasteiger partial charge >= 0.3 is 0 Å². The second-order valence-electron chi connectivity index (χ2n) is 5.39. The molecular weight excluding hydrogens is 294 g/mol. The fourth-order valence-electron chi connectivity index (χ4n) is 3.00. The van der Waals surface area contributed by atoms with Gasteiger partial charge < -0.3 is 15.2 Å². The predicted molar refractivity (Wildman–Crippen MR) is 73.6 cm³/mol. The van der Waals surface area contributed by atoms with Crippen LogP contribution in [0.5, 0.6) is 5.75 Å². The Labute approximate surface area is 116 Å². The van der Waals surface area contributed by atoms with E-state index >= 15 is 0 Å². The van der Waals surface area contributed by atoms with Crippen molar-refractivity contribution in [2.45, 2.75) is 31.4 Å². The number of ether oxygens (including phenoxy) is 2. The Morgan fingerprint density at radius 3 is 3.06 bits per heavy atom. The molecule has 2 N–H and O–H groups in total. The van der Waals surface area contributed by atoms with Gasteiger partial charge in [0, 0.05) is 34.8 Å². The third-order valence-corrected chi connectivity index (χ3v) is 4.68. The first-order valence-corrected chi connectivity index (χ1v) is 7.22. The highest BCUT2D eigenvalue weighted by molar-refractivity contribution is 9.10. The third kappa shape index (κ3) is 1.96. The average molecular weight is 312 g/mol. The fraction of sp³-hybridized carbons (Fsp3) is 0.571. The van der Waals surface area contributed by atoms with Crippen LogP contribution in [0.15, 0.2) is 22.7 Å². The van der Waals surface area contributed by atoms with Crippen molar-refractivity contribution in [2.75, 3.05) is 13.2 Å². The Kier molecular flexibility index (Phi) is 3.12. The Morgan fingerprint density at radius 1 is 1.44 bits per heavy atom. The van der Waals surface area contributed by atoms with Gasteiger partial charge in [-0.1, -0.05) is 28.9 Å². The molecule has 0 amide bonds. The lowest BCUT2D eigenvalue weighted by Crippen LogP contribution is -2.52. The van der Waals surface area contributed by atoms with Gasteiger partial charge in [-0.3, -0.25) is 0 Å². The topological polar surface area (TPSA) is 44.5 Å². The smallest absolute Gasteiger partial charge is 0.126 e.